The molecule has 1 amide bonds. The molecular formula is C32H36N6O2. The largest absolute Gasteiger partial charge is 0.378 e. The molecular weight excluding hydrogens is 500 g/mol. The van der Waals surface area contributed by atoms with E-state index < -0.39 is 0 Å². The Hall–Kier alpha value is -3.88. The summed E-state index contributed by atoms with van der Waals surface area (Å²) < 4.78 is 5.47. The smallest absolute Gasteiger partial charge is 0.260 e. The third kappa shape index (κ3) is 4.82. The van der Waals surface area contributed by atoms with Gasteiger partial charge in [-0.15, -0.1) is 0 Å². The van der Waals surface area contributed by atoms with Gasteiger partial charge in [-0.25, -0.2) is 4.98 Å². The van der Waals surface area contributed by atoms with Crippen molar-refractivity contribution >= 4 is 34.0 Å². The number of nitrogens with one attached hydrogen (secondary N) is 1. The molecule has 2 saturated heterocycles. The minimum absolute atomic E-state index is 0.0379. The van der Waals surface area contributed by atoms with Gasteiger partial charge in [0.25, 0.3) is 5.91 Å². The molecule has 0 spiro atoms. The molecule has 7 rings (SSSR count). The van der Waals surface area contributed by atoms with Gasteiger partial charge in [0.05, 0.1) is 24.8 Å². The van der Waals surface area contributed by atoms with Crippen LogP contribution in [0, 0.1) is 0 Å². The number of H-pyrrole nitrogens is 1. The van der Waals surface area contributed by atoms with Crippen LogP contribution in [0.25, 0.3) is 10.9 Å². The molecule has 3 aliphatic rings. The first-order valence-electron chi connectivity index (χ1n) is 14.5. The predicted molar refractivity (Wildman–Crippen MR) is 160 cm³/mol. The number of pyridine rings is 1. The number of hydrogen-bond acceptors (Lipinski definition) is 6. The number of ether oxygens (including phenoxy) is 1. The summed E-state index contributed by atoms with van der Waals surface area (Å²) in [5.74, 6) is 0.944. The number of amides is 1. The quantitative estimate of drug-likeness (QED) is 0.413. The van der Waals surface area contributed by atoms with Gasteiger partial charge in [0.2, 0.25) is 0 Å². The molecule has 1 atom stereocenters. The number of para-hydroxylation sites is 1. The molecule has 5 heterocycles. The van der Waals surface area contributed by atoms with Crippen molar-refractivity contribution < 1.29 is 9.53 Å². The van der Waals surface area contributed by atoms with Gasteiger partial charge in [-0.1, -0.05) is 24.3 Å². The van der Waals surface area contributed by atoms with Crippen LogP contribution < -0.4 is 14.7 Å². The number of rotatable bonds is 5. The van der Waals surface area contributed by atoms with Gasteiger partial charge in [0.15, 0.2) is 0 Å². The second-order valence-corrected chi connectivity index (χ2v) is 11.0. The maximum Gasteiger partial charge on any atom is 0.260 e. The van der Waals surface area contributed by atoms with Crippen LogP contribution in [0.4, 0.5) is 17.2 Å². The zero-order valence-electron chi connectivity index (χ0n) is 22.8. The van der Waals surface area contributed by atoms with Crippen molar-refractivity contribution in [3.8, 4) is 0 Å². The summed E-state index contributed by atoms with van der Waals surface area (Å²) in [5.41, 5.74) is 5.41. The van der Waals surface area contributed by atoms with Crippen LogP contribution in [-0.4, -0.2) is 85.8 Å². The second-order valence-electron chi connectivity index (χ2n) is 11.0. The van der Waals surface area contributed by atoms with Crippen LogP contribution in [0.3, 0.4) is 0 Å². The van der Waals surface area contributed by atoms with Gasteiger partial charge in [0, 0.05) is 80.5 Å². The minimum Gasteiger partial charge on any atom is -0.378 e. The van der Waals surface area contributed by atoms with Crippen molar-refractivity contribution in [1.82, 2.24) is 14.9 Å². The Morgan fingerprint density at radius 3 is 2.52 bits per heavy atom. The molecule has 1 unspecified atom stereocenters. The van der Waals surface area contributed by atoms with Crippen LogP contribution in [0.2, 0.25) is 0 Å². The van der Waals surface area contributed by atoms with E-state index >= 15 is 0 Å². The molecule has 8 nitrogen and oxygen atoms in total. The Morgan fingerprint density at radius 2 is 1.70 bits per heavy atom. The Bertz CT molecular complexity index is 1470. The standard InChI is InChI=1S/C32H36N6O2/c39-32(25-9-11-31(34-22-25)37-18-20-40-21-19-37)38-26(10-8-24-4-1-2-6-29(24)38)23-35-14-16-36(17-15-35)30-7-3-5-28-27(30)12-13-33-28/h1-7,9,11-13,22,26,33H,8,10,14-21,23H2. The topological polar surface area (TPSA) is 67.9 Å². The van der Waals surface area contributed by atoms with Crippen molar-refractivity contribution in [2.45, 2.75) is 18.9 Å². The average molecular weight is 537 g/mol. The van der Waals surface area contributed by atoms with E-state index in [2.05, 4.69) is 72.0 Å². The lowest BCUT2D eigenvalue weighted by atomic mass is 9.94. The number of aromatic nitrogens is 2. The van der Waals surface area contributed by atoms with E-state index in [1.165, 1.54) is 22.2 Å². The number of carbonyl (C=O) groups is 1. The number of benzene rings is 2. The molecule has 4 aromatic rings. The van der Waals surface area contributed by atoms with Crippen LogP contribution >= 0.6 is 0 Å². The Balaban J connectivity index is 1.07. The van der Waals surface area contributed by atoms with E-state index in [9.17, 15) is 4.79 Å². The summed E-state index contributed by atoms with van der Waals surface area (Å²) in [6.07, 6.45) is 5.73. The number of morpholine rings is 1. The molecule has 0 saturated carbocycles. The lowest BCUT2D eigenvalue weighted by Crippen LogP contribution is -2.54. The number of fused-ring (bicyclic) bond motifs is 2. The Labute approximate surface area is 235 Å². The Kier molecular flexibility index (Phi) is 6.87. The van der Waals surface area contributed by atoms with Crippen molar-refractivity contribution in [2.75, 3.05) is 73.7 Å². The summed E-state index contributed by atoms with van der Waals surface area (Å²) in [6.45, 7) is 7.89. The molecule has 2 fully saturated rings. The highest BCUT2D eigenvalue weighted by Crippen LogP contribution is 2.33. The first-order chi connectivity index (χ1) is 19.7. The zero-order valence-corrected chi connectivity index (χ0v) is 22.8. The van der Waals surface area contributed by atoms with Crippen LogP contribution in [0.1, 0.15) is 22.3 Å². The number of hydrogen-bond donors (Lipinski definition) is 1. The van der Waals surface area contributed by atoms with Crippen molar-refractivity contribution in [3.05, 3.63) is 84.2 Å². The maximum atomic E-state index is 14.1. The van der Waals surface area contributed by atoms with Gasteiger partial charge in [-0.2, -0.15) is 0 Å². The molecule has 0 bridgehead atoms. The Morgan fingerprint density at radius 1 is 0.875 bits per heavy atom. The van der Waals surface area contributed by atoms with Crippen LogP contribution in [0.15, 0.2) is 73.1 Å². The third-order valence-electron chi connectivity index (χ3n) is 8.67. The van der Waals surface area contributed by atoms with E-state index in [1.807, 2.05) is 24.4 Å². The first-order valence-corrected chi connectivity index (χ1v) is 14.5. The molecule has 2 aromatic carbocycles. The summed E-state index contributed by atoms with van der Waals surface area (Å²) in [5, 5.41) is 1.28. The van der Waals surface area contributed by atoms with Crippen molar-refractivity contribution in [2.24, 2.45) is 0 Å². The lowest BCUT2D eigenvalue weighted by molar-refractivity contribution is 0.0962. The number of aromatic amines is 1. The summed E-state index contributed by atoms with van der Waals surface area (Å²) in [6, 6.07) is 21.1. The highest BCUT2D eigenvalue weighted by molar-refractivity contribution is 6.07. The minimum atomic E-state index is 0.0379. The molecule has 3 aliphatic heterocycles. The monoisotopic (exact) mass is 536 g/mol. The number of aryl methyl sites for hydroxylation is 1. The normalized spacial score (nSPS) is 20.1. The molecule has 0 radical (unpaired) electrons. The predicted octanol–water partition coefficient (Wildman–Crippen LogP) is 4.18. The van der Waals surface area contributed by atoms with Crippen LogP contribution in [0.5, 0.6) is 0 Å². The number of anilines is 3. The number of piperazine rings is 1. The highest BCUT2D eigenvalue weighted by Gasteiger charge is 2.34. The lowest BCUT2D eigenvalue weighted by Gasteiger charge is -2.42. The van der Waals surface area contributed by atoms with E-state index in [1.54, 1.807) is 6.20 Å². The van der Waals surface area contributed by atoms with Gasteiger partial charge in [-0.05, 0) is 54.8 Å². The number of nitrogens with zero attached hydrogens (tertiary/aromatic N) is 5. The molecule has 8 heteroatoms. The SMILES string of the molecule is O=C(c1ccc(N2CCOCC2)nc1)N1c2ccccc2CCC1CN1CCN(c2cccc3[nH]ccc23)CC1. The molecule has 0 aliphatic carbocycles. The third-order valence-corrected chi connectivity index (χ3v) is 8.67. The summed E-state index contributed by atoms with van der Waals surface area (Å²) >= 11 is 0. The fourth-order valence-electron chi connectivity index (χ4n) is 6.50. The van der Waals surface area contributed by atoms with E-state index in [0.717, 1.165) is 70.2 Å². The molecule has 1 N–H and O–H groups in total. The van der Waals surface area contributed by atoms with E-state index in [4.69, 9.17) is 4.74 Å². The molecule has 40 heavy (non-hydrogen) atoms. The van der Waals surface area contributed by atoms with Gasteiger partial charge in [-0.3, -0.25) is 9.69 Å². The summed E-state index contributed by atoms with van der Waals surface area (Å²) in [4.78, 5) is 31.4. The molecule has 206 valence electrons. The summed E-state index contributed by atoms with van der Waals surface area (Å²) in [7, 11) is 0. The zero-order chi connectivity index (χ0) is 26.9. The van der Waals surface area contributed by atoms with E-state index in [0.29, 0.717) is 18.8 Å². The second kappa shape index (κ2) is 10.9. The van der Waals surface area contributed by atoms with Crippen molar-refractivity contribution in [3.63, 3.8) is 0 Å². The first kappa shape index (κ1) is 25.1. The highest BCUT2D eigenvalue weighted by atomic mass is 16.5. The van der Waals surface area contributed by atoms with Gasteiger partial charge >= 0.3 is 0 Å². The van der Waals surface area contributed by atoms with E-state index in [-0.39, 0.29) is 11.9 Å². The fourth-order valence-corrected chi connectivity index (χ4v) is 6.50. The maximum absolute atomic E-state index is 14.1. The van der Waals surface area contributed by atoms with Gasteiger partial charge in [0.1, 0.15) is 5.82 Å². The number of carbonyl (C=O) groups excluding carboxylic acids is 1. The van der Waals surface area contributed by atoms with Crippen molar-refractivity contribution in [1.29, 1.82) is 0 Å². The van der Waals surface area contributed by atoms with Gasteiger partial charge < -0.3 is 24.4 Å². The van der Waals surface area contributed by atoms with Crippen LogP contribution in [-0.2, 0) is 11.2 Å². The average Bonchev–Trinajstić information content (AvgIpc) is 3.51. The molecule has 2 aromatic heterocycles. The fraction of sp³-hybridized carbons (Fsp3) is 0.375.